The minimum absolute atomic E-state index is 0. The lowest BCUT2D eigenvalue weighted by Gasteiger charge is -2.40. The van der Waals surface area contributed by atoms with Gasteiger partial charge in [-0.05, 0) is 55.3 Å². The summed E-state index contributed by atoms with van der Waals surface area (Å²) >= 11 is 1.80. The molecule has 1 aromatic carbocycles. The van der Waals surface area contributed by atoms with Crippen LogP contribution in [0.4, 0.5) is 5.69 Å². The number of nitrogens with one attached hydrogen (secondary N) is 1. The van der Waals surface area contributed by atoms with Crippen molar-refractivity contribution >= 4 is 39.5 Å². The molecule has 2 heterocycles. The number of non-ortho nitro benzene ring substituents is 1. The van der Waals surface area contributed by atoms with Gasteiger partial charge >= 0.3 is 0 Å². The van der Waals surface area contributed by atoms with Crippen molar-refractivity contribution in [1.29, 1.82) is 0 Å². The monoisotopic (exact) mass is 473 g/mol. The van der Waals surface area contributed by atoms with Gasteiger partial charge in [-0.25, -0.2) is 13.1 Å². The molecule has 2 unspecified atom stereocenters. The number of hydrogen-bond acceptors (Lipinski definition) is 6. The molecular formula is C20H28ClN3O4S2. The highest BCUT2D eigenvalue weighted by Gasteiger charge is 2.31. The summed E-state index contributed by atoms with van der Waals surface area (Å²) in [4.78, 5) is 14.1. The first-order valence-corrected chi connectivity index (χ1v) is 12.3. The predicted molar refractivity (Wildman–Crippen MR) is 122 cm³/mol. The van der Waals surface area contributed by atoms with Gasteiger partial charge in [0.25, 0.3) is 5.69 Å². The van der Waals surface area contributed by atoms with Crippen LogP contribution >= 0.6 is 23.7 Å². The number of nitro benzene ring substituents is 1. The number of sulfonamides is 1. The maximum absolute atomic E-state index is 12.4. The van der Waals surface area contributed by atoms with E-state index in [0.717, 1.165) is 25.8 Å². The van der Waals surface area contributed by atoms with Crippen LogP contribution in [0.2, 0.25) is 0 Å². The number of rotatable bonds is 9. The van der Waals surface area contributed by atoms with Crippen molar-refractivity contribution in [2.24, 2.45) is 0 Å². The normalized spacial score (nSPS) is 19.1. The minimum atomic E-state index is -3.67. The largest absolute Gasteiger partial charge is 0.292 e. The van der Waals surface area contributed by atoms with E-state index in [1.54, 1.807) is 11.3 Å². The van der Waals surface area contributed by atoms with Gasteiger partial charge < -0.3 is 0 Å². The lowest BCUT2D eigenvalue weighted by molar-refractivity contribution is -0.384. The summed E-state index contributed by atoms with van der Waals surface area (Å²) in [5, 5.41) is 12.9. The first kappa shape index (κ1) is 24.7. The third-order valence-electron chi connectivity index (χ3n) is 5.45. The Labute approximate surface area is 188 Å². The van der Waals surface area contributed by atoms with Crippen LogP contribution in [0.1, 0.15) is 49.6 Å². The summed E-state index contributed by atoms with van der Waals surface area (Å²) in [6.07, 6.45) is 4.03. The molecule has 10 heteroatoms. The second kappa shape index (κ2) is 10.7. The summed E-state index contributed by atoms with van der Waals surface area (Å²) in [5.74, 6) is 0. The standard InChI is InChI=1S/C20H27N3O4S2.ClH/c1-3-5-18-14-16-10-13-28-20(16)15(2)22(18)12-4-11-21-29(26,27)19-8-6-17(7-9-19)23(24)25;/h6-10,13,15,18,21H,3-5,11-12,14H2,1-2H3;1H. The van der Waals surface area contributed by atoms with E-state index in [0.29, 0.717) is 25.0 Å². The van der Waals surface area contributed by atoms with Gasteiger partial charge in [0.2, 0.25) is 10.0 Å². The van der Waals surface area contributed by atoms with E-state index >= 15 is 0 Å². The van der Waals surface area contributed by atoms with Crippen LogP contribution in [0.3, 0.4) is 0 Å². The lowest BCUT2D eigenvalue weighted by Crippen LogP contribution is -2.43. The Balaban J connectivity index is 0.00000320. The summed E-state index contributed by atoms with van der Waals surface area (Å²) in [7, 11) is -3.67. The van der Waals surface area contributed by atoms with Crippen molar-refractivity contribution in [2.45, 2.75) is 56.5 Å². The molecule has 0 saturated carbocycles. The Bertz CT molecular complexity index is 947. The maximum atomic E-state index is 12.4. The molecular weight excluding hydrogens is 446 g/mol. The fourth-order valence-electron chi connectivity index (χ4n) is 4.00. The highest BCUT2D eigenvalue weighted by Crippen LogP contribution is 2.37. The minimum Gasteiger partial charge on any atom is -0.292 e. The van der Waals surface area contributed by atoms with E-state index in [1.807, 2.05) is 0 Å². The molecule has 0 amide bonds. The van der Waals surface area contributed by atoms with Crippen molar-refractivity contribution in [3.8, 4) is 0 Å². The van der Waals surface area contributed by atoms with Crippen LogP contribution in [-0.4, -0.2) is 37.4 Å². The smallest absolute Gasteiger partial charge is 0.269 e. The van der Waals surface area contributed by atoms with Gasteiger partial charge in [0.1, 0.15) is 0 Å². The van der Waals surface area contributed by atoms with Crippen LogP contribution < -0.4 is 4.72 Å². The number of halogens is 1. The number of nitro groups is 1. The summed E-state index contributed by atoms with van der Waals surface area (Å²) in [6.45, 7) is 5.59. The Kier molecular flexibility index (Phi) is 8.81. The molecule has 0 radical (unpaired) electrons. The Hall–Kier alpha value is -1.52. The van der Waals surface area contributed by atoms with Gasteiger partial charge in [0, 0.05) is 42.2 Å². The summed E-state index contributed by atoms with van der Waals surface area (Å²) in [5.41, 5.74) is 1.33. The highest BCUT2D eigenvalue weighted by molar-refractivity contribution is 7.89. The second-order valence-corrected chi connectivity index (χ2v) is 10.1. The molecule has 0 saturated heterocycles. The zero-order chi connectivity index (χ0) is 21.0. The number of hydrogen-bond donors (Lipinski definition) is 1. The van der Waals surface area contributed by atoms with E-state index in [-0.39, 0.29) is 23.0 Å². The molecule has 0 aliphatic carbocycles. The number of benzene rings is 1. The number of nitrogens with zero attached hydrogens (tertiary/aromatic N) is 2. The molecule has 1 aromatic heterocycles. The molecule has 30 heavy (non-hydrogen) atoms. The maximum Gasteiger partial charge on any atom is 0.269 e. The molecule has 166 valence electrons. The van der Waals surface area contributed by atoms with E-state index in [9.17, 15) is 18.5 Å². The predicted octanol–water partition coefficient (Wildman–Crippen LogP) is 4.53. The van der Waals surface area contributed by atoms with Gasteiger partial charge in [0.05, 0.1) is 9.82 Å². The van der Waals surface area contributed by atoms with Crippen molar-refractivity contribution < 1.29 is 13.3 Å². The van der Waals surface area contributed by atoms with E-state index in [4.69, 9.17) is 0 Å². The third-order valence-corrected chi connectivity index (χ3v) is 8.05. The van der Waals surface area contributed by atoms with E-state index in [2.05, 4.69) is 34.9 Å². The molecule has 0 bridgehead atoms. The topological polar surface area (TPSA) is 92.6 Å². The summed E-state index contributed by atoms with van der Waals surface area (Å²) < 4.78 is 27.5. The SMILES string of the molecule is CCCC1Cc2ccsc2C(C)N1CCCNS(=O)(=O)c1ccc([N+](=O)[O-])cc1.Cl. The average molecular weight is 474 g/mol. The van der Waals surface area contributed by atoms with E-state index in [1.165, 1.54) is 34.7 Å². The van der Waals surface area contributed by atoms with Crippen LogP contribution in [0.25, 0.3) is 0 Å². The fraction of sp³-hybridized carbons (Fsp3) is 0.500. The van der Waals surface area contributed by atoms with E-state index < -0.39 is 14.9 Å². The van der Waals surface area contributed by atoms with Gasteiger partial charge in [-0.1, -0.05) is 13.3 Å². The van der Waals surface area contributed by atoms with Crippen LogP contribution in [-0.2, 0) is 16.4 Å². The van der Waals surface area contributed by atoms with Crippen LogP contribution in [0.5, 0.6) is 0 Å². The Morgan fingerprint density at radius 3 is 2.60 bits per heavy atom. The molecule has 0 spiro atoms. The first-order valence-electron chi connectivity index (χ1n) is 9.89. The highest BCUT2D eigenvalue weighted by atomic mass is 35.5. The van der Waals surface area contributed by atoms with Gasteiger partial charge in [-0.2, -0.15) is 0 Å². The number of thiophene rings is 1. The van der Waals surface area contributed by atoms with Crippen molar-refractivity contribution in [1.82, 2.24) is 9.62 Å². The first-order chi connectivity index (χ1) is 13.8. The van der Waals surface area contributed by atoms with Crippen molar-refractivity contribution in [3.63, 3.8) is 0 Å². The average Bonchev–Trinajstić information content (AvgIpc) is 3.16. The molecule has 1 aliphatic heterocycles. The second-order valence-electron chi connectivity index (χ2n) is 7.37. The Morgan fingerprint density at radius 1 is 1.27 bits per heavy atom. The Morgan fingerprint density at radius 2 is 1.97 bits per heavy atom. The molecule has 1 aliphatic rings. The third kappa shape index (κ3) is 5.59. The van der Waals surface area contributed by atoms with Gasteiger partial charge in [-0.3, -0.25) is 15.0 Å². The van der Waals surface area contributed by atoms with Gasteiger partial charge in [0.15, 0.2) is 0 Å². The van der Waals surface area contributed by atoms with Gasteiger partial charge in [-0.15, -0.1) is 23.7 Å². The van der Waals surface area contributed by atoms with Crippen LogP contribution in [0, 0.1) is 10.1 Å². The zero-order valence-electron chi connectivity index (χ0n) is 17.1. The van der Waals surface area contributed by atoms with Crippen LogP contribution in [0.15, 0.2) is 40.6 Å². The van der Waals surface area contributed by atoms with Crippen molar-refractivity contribution in [3.05, 3.63) is 56.3 Å². The van der Waals surface area contributed by atoms with Crippen molar-refractivity contribution in [2.75, 3.05) is 13.1 Å². The molecule has 1 N–H and O–H groups in total. The lowest BCUT2D eigenvalue weighted by atomic mass is 9.92. The molecule has 3 rings (SSSR count). The fourth-order valence-corrected chi connectivity index (χ4v) is 6.08. The summed E-state index contributed by atoms with van der Waals surface area (Å²) in [6, 6.07) is 8.01. The molecule has 2 atom stereocenters. The quantitative estimate of drug-likeness (QED) is 0.328. The number of fused-ring (bicyclic) bond motifs is 1. The molecule has 7 nitrogen and oxygen atoms in total. The zero-order valence-corrected chi connectivity index (χ0v) is 19.6. The molecule has 2 aromatic rings. The molecule has 0 fully saturated rings.